The zero-order valence-electron chi connectivity index (χ0n) is 9.93. The summed E-state index contributed by atoms with van der Waals surface area (Å²) in [5.41, 5.74) is 0.590. The molecule has 17 heavy (non-hydrogen) atoms. The largest absolute Gasteiger partial charge is 0.504 e. The number of para-hydroxylation sites is 1. The first-order valence-corrected chi connectivity index (χ1v) is 5.25. The van der Waals surface area contributed by atoms with Crippen LogP contribution in [0.3, 0.4) is 0 Å². The normalized spacial score (nSPS) is 10.5. The van der Waals surface area contributed by atoms with E-state index in [-0.39, 0.29) is 11.7 Å². The molecule has 0 bridgehead atoms. The van der Waals surface area contributed by atoms with Gasteiger partial charge >= 0.3 is 0 Å². The highest BCUT2D eigenvalue weighted by Gasteiger charge is 2.04. The van der Waals surface area contributed by atoms with Crippen molar-refractivity contribution in [1.29, 1.82) is 0 Å². The molecule has 0 aromatic heterocycles. The Kier molecular flexibility index (Phi) is 5.00. The van der Waals surface area contributed by atoms with E-state index in [1.54, 1.807) is 24.4 Å². The topological polar surface area (TPSA) is 70.9 Å². The standard InChI is InChI=1S/C12H16N2O3/c1-9(15)14-7-6-13-8-10-4-3-5-11(17-2)12(10)16/h3-5,8,16H,6-7H2,1-2H3,(H,14,15). The molecule has 5 heteroatoms. The van der Waals surface area contributed by atoms with E-state index in [1.807, 2.05) is 0 Å². The van der Waals surface area contributed by atoms with Crippen molar-refractivity contribution in [2.24, 2.45) is 4.99 Å². The molecule has 0 fully saturated rings. The van der Waals surface area contributed by atoms with E-state index in [2.05, 4.69) is 10.3 Å². The van der Waals surface area contributed by atoms with Gasteiger partial charge in [0.15, 0.2) is 11.5 Å². The van der Waals surface area contributed by atoms with Gasteiger partial charge in [0.2, 0.25) is 5.91 Å². The molecule has 0 saturated heterocycles. The first-order chi connectivity index (χ1) is 8.15. The summed E-state index contributed by atoms with van der Waals surface area (Å²) < 4.78 is 4.98. The van der Waals surface area contributed by atoms with E-state index in [0.717, 1.165) is 0 Å². The van der Waals surface area contributed by atoms with Crippen LogP contribution in [0.1, 0.15) is 12.5 Å². The zero-order chi connectivity index (χ0) is 12.7. The molecule has 0 aliphatic heterocycles. The summed E-state index contributed by atoms with van der Waals surface area (Å²) in [4.78, 5) is 14.7. The van der Waals surface area contributed by atoms with Gasteiger partial charge in [-0.15, -0.1) is 0 Å². The van der Waals surface area contributed by atoms with Crippen LogP contribution in [0.15, 0.2) is 23.2 Å². The van der Waals surface area contributed by atoms with E-state index in [0.29, 0.717) is 24.4 Å². The van der Waals surface area contributed by atoms with Gasteiger partial charge in [-0.25, -0.2) is 0 Å². The predicted octanol–water partition coefficient (Wildman–Crippen LogP) is 0.956. The fraction of sp³-hybridized carbons (Fsp3) is 0.333. The fourth-order valence-electron chi connectivity index (χ4n) is 1.27. The molecular formula is C12H16N2O3. The Morgan fingerprint density at radius 2 is 2.35 bits per heavy atom. The minimum atomic E-state index is -0.0792. The van der Waals surface area contributed by atoms with Crippen LogP contribution >= 0.6 is 0 Å². The SMILES string of the molecule is COc1cccc(C=NCCNC(C)=O)c1O. The summed E-state index contributed by atoms with van der Waals surface area (Å²) in [6.07, 6.45) is 1.56. The summed E-state index contributed by atoms with van der Waals surface area (Å²) in [7, 11) is 1.49. The van der Waals surface area contributed by atoms with Crippen LogP contribution in [0.4, 0.5) is 0 Å². The van der Waals surface area contributed by atoms with Crippen LogP contribution in [0.2, 0.25) is 0 Å². The van der Waals surface area contributed by atoms with Gasteiger partial charge in [-0.05, 0) is 12.1 Å². The quantitative estimate of drug-likeness (QED) is 0.590. The molecule has 1 amide bonds. The first kappa shape index (κ1) is 13.0. The molecule has 0 spiro atoms. The molecule has 0 saturated carbocycles. The van der Waals surface area contributed by atoms with Crippen molar-refractivity contribution < 1.29 is 14.6 Å². The Morgan fingerprint density at radius 1 is 1.59 bits per heavy atom. The maximum Gasteiger partial charge on any atom is 0.216 e. The predicted molar refractivity (Wildman–Crippen MR) is 65.8 cm³/mol. The third-order valence-corrected chi connectivity index (χ3v) is 2.10. The molecule has 0 aliphatic carbocycles. The second kappa shape index (κ2) is 6.52. The third kappa shape index (κ3) is 4.14. The Morgan fingerprint density at radius 3 is 3.00 bits per heavy atom. The molecule has 0 radical (unpaired) electrons. The molecule has 1 aromatic carbocycles. The zero-order valence-corrected chi connectivity index (χ0v) is 9.93. The average molecular weight is 236 g/mol. The molecule has 0 aliphatic rings. The Bertz CT molecular complexity index is 416. The fourth-order valence-corrected chi connectivity index (χ4v) is 1.27. The number of aliphatic imine (C=N–C) groups is 1. The molecule has 92 valence electrons. The molecule has 5 nitrogen and oxygen atoms in total. The maximum absolute atomic E-state index is 10.6. The van der Waals surface area contributed by atoms with Crippen molar-refractivity contribution in [1.82, 2.24) is 5.32 Å². The van der Waals surface area contributed by atoms with E-state index in [9.17, 15) is 9.90 Å². The summed E-state index contributed by atoms with van der Waals surface area (Å²) >= 11 is 0. The number of methoxy groups -OCH3 is 1. The number of phenolic OH excluding ortho intramolecular Hbond substituents is 1. The van der Waals surface area contributed by atoms with Gasteiger partial charge in [0.25, 0.3) is 0 Å². The number of ether oxygens (including phenoxy) is 1. The summed E-state index contributed by atoms with van der Waals surface area (Å²) in [5.74, 6) is 0.401. The number of amides is 1. The van der Waals surface area contributed by atoms with Crippen LogP contribution in [0.5, 0.6) is 11.5 Å². The highest BCUT2D eigenvalue weighted by atomic mass is 16.5. The number of benzene rings is 1. The number of phenols is 1. The van der Waals surface area contributed by atoms with Crippen LogP contribution < -0.4 is 10.1 Å². The average Bonchev–Trinajstić information content (AvgIpc) is 2.30. The molecule has 0 atom stereocenters. The molecule has 1 aromatic rings. The van der Waals surface area contributed by atoms with Crippen molar-refractivity contribution >= 4 is 12.1 Å². The van der Waals surface area contributed by atoms with Gasteiger partial charge in [0.1, 0.15) is 0 Å². The number of carbonyl (C=O) groups is 1. The van der Waals surface area contributed by atoms with Gasteiger partial charge in [-0.2, -0.15) is 0 Å². The van der Waals surface area contributed by atoms with E-state index in [4.69, 9.17) is 4.74 Å². The lowest BCUT2D eigenvalue weighted by atomic mass is 10.2. The Hall–Kier alpha value is -2.04. The van der Waals surface area contributed by atoms with Crippen molar-refractivity contribution in [3.8, 4) is 11.5 Å². The monoisotopic (exact) mass is 236 g/mol. The number of rotatable bonds is 5. The van der Waals surface area contributed by atoms with Crippen molar-refractivity contribution in [3.63, 3.8) is 0 Å². The van der Waals surface area contributed by atoms with Crippen LogP contribution in [0.25, 0.3) is 0 Å². The number of nitrogens with one attached hydrogen (secondary N) is 1. The van der Waals surface area contributed by atoms with Crippen LogP contribution in [-0.4, -0.2) is 37.4 Å². The number of aromatic hydroxyl groups is 1. The van der Waals surface area contributed by atoms with Gasteiger partial charge in [-0.1, -0.05) is 6.07 Å². The smallest absolute Gasteiger partial charge is 0.216 e. The minimum Gasteiger partial charge on any atom is -0.504 e. The summed E-state index contributed by atoms with van der Waals surface area (Å²) in [6.45, 7) is 2.41. The van der Waals surface area contributed by atoms with Gasteiger partial charge in [0, 0.05) is 25.2 Å². The van der Waals surface area contributed by atoms with E-state index < -0.39 is 0 Å². The van der Waals surface area contributed by atoms with Gasteiger partial charge in [0.05, 0.1) is 13.7 Å². The van der Waals surface area contributed by atoms with E-state index in [1.165, 1.54) is 14.0 Å². The van der Waals surface area contributed by atoms with Crippen molar-refractivity contribution in [2.45, 2.75) is 6.92 Å². The minimum absolute atomic E-state index is 0.0678. The highest BCUT2D eigenvalue weighted by molar-refractivity contribution is 5.84. The Balaban J connectivity index is 2.56. The molecule has 0 heterocycles. The second-order valence-electron chi connectivity index (χ2n) is 3.42. The lowest BCUT2D eigenvalue weighted by Crippen LogP contribution is -2.22. The number of nitrogens with zero attached hydrogens (tertiary/aromatic N) is 1. The van der Waals surface area contributed by atoms with Crippen molar-refractivity contribution in [2.75, 3.05) is 20.2 Å². The van der Waals surface area contributed by atoms with E-state index >= 15 is 0 Å². The lowest BCUT2D eigenvalue weighted by Gasteiger charge is -2.04. The first-order valence-electron chi connectivity index (χ1n) is 5.25. The number of hydrogen-bond acceptors (Lipinski definition) is 4. The number of carbonyl (C=O) groups excluding carboxylic acids is 1. The molecule has 1 rings (SSSR count). The van der Waals surface area contributed by atoms with Crippen molar-refractivity contribution in [3.05, 3.63) is 23.8 Å². The number of hydrogen-bond donors (Lipinski definition) is 2. The Labute approximate surface area is 100 Å². The van der Waals surface area contributed by atoms with Crippen LogP contribution in [-0.2, 0) is 4.79 Å². The third-order valence-electron chi connectivity index (χ3n) is 2.10. The lowest BCUT2D eigenvalue weighted by molar-refractivity contribution is -0.118. The highest BCUT2D eigenvalue weighted by Crippen LogP contribution is 2.27. The summed E-state index contributed by atoms with van der Waals surface area (Å²) in [5, 5.41) is 12.4. The van der Waals surface area contributed by atoms with Crippen LogP contribution in [0, 0.1) is 0 Å². The summed E-state index contributed by atoms with van der Waals surface area (Å²) in [6, 6.07) is 5.18. The van der Waals surface area contributed by atoms with Gasteiger partial charge < -0.3 is 15.2 Å². The molecule has 2 N–H and O–H groups in total. The van der Waals surface area contributed by atoms with Gasteiger partial charge in [-0.3, -0.25) is 9.79 Å². The maximum atomic E-state index is 10.6. The second-order valence-corrected chi connectivity index (χ2v) is 3.42. The molecule has 0 unspecified atom stereocenters. The molecular weight excluding hydrogens is 220 g/mol.